The molecule has 2 aromatic carbocycles. The SMILES string of the molecule is COc1ccc([N+](=O)[O-])cc1C(=O)OCC(=O)Nc1cccc(Br)c1. The molecule has 0 aliphatic carbocycles. The lowest BCUT2D eigenvalue weighted by atomic mass is 10.2. The highest BCUT2D eigenvalue weighted by Crippen LogP contribution is 2.24. The van der Waals surface area contributed by atoms with Crippen LogP contribution in [0.3, 0.4) is 0 Å². The minimum Gasteiger partial charge on any atom is -0.496 e. The van der Waals surface area contributed by atoms with E-state index in [0.29, 0.717) is 5.69 Å². The monoisotopic (exact) mass is 408 g/mol. The number of hydrogen-bond acceptors (Lipinski definition) is 6. The molecule has 8 nitrogen and oxygen atoms in total. The van der Waals surface area contributed by atoms with Crippen LogP contribution in [0.25, 0.3) is 0 Å². The maximum absolute atomic E-state index is 12.1. The highest BCUT2D eigenvalue weighted by Gasteiger charge is 2.19. The van der Waals surface area contributed by atoms with E-state index in [4.69, 9.17) is 9.47 Å². The lowest BCUT2D eigenvalue weighted by Crippen LogP contribution is -2.21. The number of nitrogens with one attached hydrogen (secondary N) is 1. The van der Waals surface area contributed by atoms with Gasteiger partial charge in [-0.3, -0.25) is 14.9 Å². The zero-order valence-electron chi connectivity index (χ0n) is 13.0. The van der Waals surface area contributed by atoms with E-state index in [-0.39, 0.29) is 17.0 Å². The fourth-order valence-corrected chi connectivity index (χ4v) is 2.34. The number of non-ortho nitro benzene ring substituents is 1. The molecular formula is C16H13BrN2O6. The normalized spacial score (nSPS) is 10.0. The Morgan fingerprint density at radius 2 is 2.00 bits per heavy atom. The standard InChI is InChI=1S/C16H13BrN2O6/c1-24-14-6-5-12(19(22)23)8-13(14)16(21)25-9-15(20)18-11-4-2-3-10(17)7-11/h2-8H,9H2,1H3,(H,18,20). The summed E-state index contributed by atoms with van der Waals surface area (Å²) in [5.74, 6) is -1.33. The second-order valence-corrected chi connectivity index (χ2v) is 5.69. The summed E-state index contributed by atoms with van der Waals surface area (Å²) in [4.78, 5) is 34.1. The van der Waals surface area contributed by atoms with Gasteiger partial charge in [-0.05, 0) is 24.3 Å². The van der Waals surface area contributed by atoms with Gasteiger partial charge in [-0.1, -0.05) is 22.0 Å². The van der Waals surface area contributed by atoms with E-state index in [0.717, 1.165) is 10.5 Å². The molecule has 0 unspecified atom stereocenters. The number of hydrogen-bond donors (Lipinski definition) is 1. The molecule has 0 atom stereocenters. The lowest BCUT2D eigenvalue weighted by Gasteiger charge is -2.09. The molecule has 0 aliphatic heterocycles. The predicted molar refractivity (Wildman–Crippen MR) is 92.7 cm³/mol. The molecular weight excluding hydrogens is 396 g/mol. The Morgan fingerprint density at radius 1 is 1.24 bits per heavy atom. The molecule has 9 heteroatoms. The van der Waals surface area contributed by atoms with Crippen LogP contribution in [0, 0.1) is 10.1 Å². The maximum Gasteiger partial charge on any atom is 0.342 e. The van der Waals surface area contributed by atoms with Crippen molar-refractivity contribution in [2.45, 2.75) is 0 Å². The molecule has 1 N–H and O–H groups in total. The summed E-state index contributed by atoms with van der Waals surface area (Å²) in [7, 11) is 1.32. The molecule has 1 amide bonds. The molecule has 2 rings (SSSR count). The lowest BCUT2D eigenvalue weighted by molar-refractivity contribution is -0.384. The number of carbonyl (C=O) groups excluding carboxylic acids is 2. The van der Waals surface area contributed by atoms with Crippen LogP contribution in [0.2, 0.25) is 0 Å². The zero-order valence-corrected chi connectivity index (χ0v) is 14.6. The molecule has 0 saturated heterocycles. The van der Waals surface area contributed by atoms with Crippen LogP contribution in [0.1, 0.15) is 10.4 Å². The van der Waals surface area contributed by atoms with E-state index in [2.05, 4.69) is 21.2 Å². The predicted octanol–water partition coefficient (Wildman–Crippen LogP) is 3.16. The fraction of sp³-hybridized carbons (Fsp3) is 0.125. The summed E-state index contributed by atoms with van der Waals surface area (Å²) in [6.07, 6.45) is 0. The quantitative estimate of drug-likeness (QED) is 0.446. The third-order valence-electron chi connectivity index (χ3n) is 3.06. The molecule has 130 valence electrons. The van der Waals surface area contributed by atoms with Gasteiger partial charge in [-0.15, -0.1) is 0 Å². The van der Waals surface area contributed by atoms with Crippen molar-refractivity contribution in [1.29, 1.82) is 0 Å². The molecule has 0 bridgehead atoms. The highest BCUT2D eigenvalue weighted by molar-refractivity contribution is 9.10. The first-order valence-electron chi connectivity index (χ1n) is 6.95. The van der Waals surface area contributed by atoms with Gasteiger partial charge < -0.3 is 14.8 Å². The van der Waals surface area contributed by atoms with Crippen molar-refractivity contribution in [3.05, 3.63) is 62.6 Å². The van der Waals surface area contributed by atoms with Gasteiger partial charge in [-0.2, -0.15) is 0 Å². The Bertz CT molecular complexity index is 824. The van der Waals surface area contributed by atoms with Crippen LogP contribution in [0.5, 0.6) is 5.75 Å². The van der Waals surface area contributed by atoms with Gasteiger partial charge in [0.15, 0.2) is 6.61 Å². The van der Waals surface area contributed by atoms with Crippen LogP contribution >= 0.6 is 15.9 Å². The average Bonchev–Trinajstić information content (AvgIpc) is 2.59. The van der Waals surface area contributed by atoms with Gasteiger partial charge in [0.1, 0.15) is 11.3 Å². The second kappa shape index (κ2) is 8.25. The summed E-state index contributed by atoms with van der Waals surface area (Å²) in [5, 5.41) is 13.4. The van der Waals surface area contributed by atoms with E-state index in [1.807, 2.05) is 0 Å². The number of nitrogens with zero attached hydrogens (tertiary/aromatic N) is 1. The van der Waals surface area contributed by atoms with Gasteiger partial charge in [-0.25, -0.2) is 4.79 Å². The number of ether oxygens (including phenoxy) is 2. The van der Waals surface area contributed by atoms with Crippen molar-refractivity contribution in [2.24, 2.45) is 0 Å². The van der Waals surface area contributed by atoms with Gasteiger partial charge in [0, 0.05) is 22.3 Å². The second-order valence-electron chi connectivity index (χ2n) is 4.78. The minimum absolute atomic E-state index is 0.114. The zero-order chi connectivity index (χ0) is 18.4. The number of nitro benzene ring substituents is 1. The van der Waals surface area contributed by atoms with E-state index in [1.165, 1.54) is 19.2 Å². The molecule has 2 aromatic rings. The largest absolute Gasteiger partial charge is 0.496 e. The number of esters is 1. The summed E-state index contributed by atoms with van der Waals surface area (Å²) < 4.78 is 10.7. The highest BCUT2D eigenvalue weighted by atomic mass is 79.9. The number of anilines is 1. The van der Waals surface area contributed by atoms with E-state index < -0.39 is 23.4 Å². The number of amides is 1. The Labute approximate surface area is 151 Å². The average molecular weight is 409 g/mol. The fourth-order valence-electron chi connectivity index (χ4n) is 1.94. The Morgan fingerprint density at radius 3 is 2.64 bits per heavy atom. The summed E-state index contributed by atoms with van der Waals surface area (Å²) in [5.41, 5.74) is 0.113. The molecule has 0 saturated carbocycles. The van der Waals surface area contributed by atoms with Crippen LogP contribution in [-0.4, -0.2) is 30.5 Å². The van der Waals surface area contributed by atoms with Crippen LogP contribution in [0.4, 0.5) is 11.4 Å². The van der Waals surface area contributed by atoms with Gasteiger partial charge >= 0.3 is 5.97 Å². The van der Waals surface area contributed by atoms with Crippen LogP contribution in [0.15, 0.2) is 46.9 Å². The summed E-state index contributed by atoms with van der Waals surface area (Å²) in [6, 6.07) is 10.4. The van der Waals surface area contributed by atoms with Crippen molar-refractivity contribution in [3.63, 3.8) is 0 Å². The Kier molecular flexibility index (Phi) is 6.07. The molecule has 0 spiro atoms. The third kappa shape index (κ3) is 5.01. The molecule has 0 heterocycles. The van der Waals surface area contributed by atoms with E-state index in [9.17, 15) is 19.7 Å². The Balaban J connectivity index is 2.03. The van der Waals surface area contributed by atoms with Crippen molar-refractivity contribution in [2.75, 3.05) is 19.0 Å². The Hall–Kier alpha value is -2.94. The first-order chi connectivity index (χ1) is 11.9. The number of methoxy groups -OCH3 is 1. The molecule has 0 aromatic heterocycles. The number of halogens is 1. The van der Waals surface area contributed by atoms with Gasteiger partial charge in [0.05, 0.1) is 12.0 Å². The smallest absolute Gasteiger partial charge is 0.342 e. The number of nitro groups is 1. The first-order valence-corrected chi connectivity index (χ1v) is 7.75. The molecule has 0 fully saturated rings. The third-order valence-corrected chi connectivity index (χ3v) is 3.55. The number of rotatable bonds is 6. The molecule has 0 radical (unpaired) electrons. The van der Waals surface area contributed by atoms with Crippen LogP contribution in [-0.2, 0) is 9.53 Å². The maximum atomic E-state index is 12.1. The minimum atomic E-state index is -0.898. The summed E-state index contributed by atoms with van der Waals surface area (Å²) >= 11 is 3.27. The number of carbonyl (C=O) groups is 2. The van der Waals surface area contributed by atoms with Crippen molar-refractivity contribution in [3.8, 4) is 5.75 Å². The molecule has 25 heavy (non-hydrogen) atoms. The van der Waals surface area contributed by atoms with E-state index in [1.54, 1.807) is 24.3 Å². The van der Waals surface area contributed by atoms with Crippen molar-refractivity contribution in [1.82, 2.24) is 0 Å². The van der Waals surface area contributed by atoms with E-state index >= 15 is 0 Å². The molecule has 0 aliphatic rings. The van der Waals surface area contributed by atoms with Gasteiger partial charge in [0.2, 0.25) is 0 Å². The van der Waals surface area contributed by atoms with Gasteiger partial charge in [0.25, 0.3) is 11.6 Å². The first kappa shape index (κ1) is 18.4. The summed E-state index contributed by atoms with van der Waals surface area (Å²) in [6.45, 7) is -0.544. The number of benzene rings is 2. The van der Waals surface area contributed by atoms with Crippen molar-refractivity contribution >= 4 is 39.2 Å². The van der Waals surface area contributed by atoms with Crippen LogP contribution < -0.4 is 10.1 Å². The van der Waals surface area contributed by atoms with Crippen molar-refractivity contribution < 1.29 is 24.0 Å². The topological polar surface area (TPSA) is 108 Å².